The van der Waals surface area contributed by atoms with Gasteiger partial charge in [-0.25, -0.2) is 4.79 Å². The Morgan fingerprint density at radius 3 is 2.46 bits per heavy atom. The normalized spacial score (nSPS) is 20.7. The average molecular weight is 477 g/mol. The van der Waals surface area contributed by atoms with Crippen LogP contribution < -0.4 is 20.4 Å². The maximum atomic E-state index is 13.1. The van der Waals surface area contributed by atoms with E-state index in [-0.39, 0.29) is 6.54 Å². The van der Waals surface area contributed by atoms with Crippen molar-refractivity contribution < 1.29 is 19.1 Å². The second-order valence-corrected chi connectivity index (χ2v) is 8.73. The van der Waals surface area contributed by atoms with Gasteiger partial charge in [-0.1, -0.05) is 12.1 Å². The number of rotatable bonds is 6. The van der Waals surface area contributed by atoms with Crippen LogP contribution in [0, 0.1) is 11.3 Å². The van der Waals surface area contributed by atoms with Crippen molar-refractivity contribution in [2.24, 2.45) is 0 Å². The van der Waals surface area contributed by atoms with Crippen molar-refractivity contribution in [3.05, 3.63) is 59.7 Å². The number of nitrogens with zero attached hydrogens (tertiary/aromatic N) is 4. The molecule has 2 fully saturated rings. The Bertz CT molecular complexity index is 1140. The van der Waals surface area contributed by atoms with Crippen molar-refractivity contribution in [2.75, 3.05) is 44.7 Å². The quantitative estimate of drug-likeness (QED) is 0.608. The number of carbonyl (C=O) groups excluding carboxylic acids is 3. The van der Waals surface area contributed by atoms with Gasteiger partial charge in [-0.05, 0) is 55.3 Å². The van der Waals surface area contributed by atoms with Gasteiger partial charge >= 0.3 is 6.03 Å². The third-order valence-electron chi connectivity index (χ3n) is 6.41. The molecule has 4 amide bonds. The highest BCUT2D eigenvalue weighted by molar-refractivity contribution is 6.08. The van der Waals surface area contributed by atoms with Crippen LogP contribution in [0.4, 0.5) is 10.5 Å². The fraction of sp³-hybridized carbons (Fsp3) is 0.360. The van der Waals surface area contributed by atoms with Crippen LogP contribution in [0.2, 0.25) is 0 Å². The highest BCUT2D eigenvalue weighted by Gasteiger charge is 2.50. The summed E-state index contributed by atoms with van der Waals surface area (Å²) in [6, 6.07) is 15.7. The van der Waals surface area contributed by atoms with Crippen LogP contribution in [0.25, 0.3) is 0 Å². The second kappa shape index (κ2) is 10.0. The molecule has 2 aliphatic rings. The molecule has 0 aromatic heterocycles. The van der Waals surface area contributed by atoms with E-state index in [0.29, 0.717) is 30.0 Å². The van der Waals surface area contributed by atoms with E-state index in [1.165, 1.54) is 0 Å². The standard InChI is InChI=1S/C25H28N6O4/c1-25(19-6-10-21(35-2)11-7-19)23(33)31(24(34)27-25)28-22(32)17-29-12-3-13-30(15-14-29)20-8-4-18(16-26)5-9-20/h4-11H,3,12-15,17H2,1-2H3,(H,27,34)(H,28,32). The topological polar surface area (TPSA) is 118 Å². The molecule has 2 aromatic carbocycles. The van der Waals surface area contributed by atoms with Crippen LogP contribution in [0.5, 0.6) is 5.75 Å². The lowest BCUT2D eigenvalue weighted by Crippen LogP contribution is -2.51. The van der Waals surface area contributed by atoms with Gasteiger partial charge in [-0.15, -0.1) is 0 Å². The lowest BCUT2D eigenvalue weighted by molar-refractivity contribution is -0.139. The zero-order chi connectivity index (χ0) is 25.0. The van der Waals surface area contributed by atoms with E-state index in [9.17, 15) is 14.4 Å². The number of imide groups is 1. The van der Waals surface area contributed by atoms with Crippen molar-refractivity contribution in [3.63, 3.8) is 0 Å². The smallest absolute Gasteiger partial charge is 0.344 e. The number of carbonyl (C=O) groups is 3. The van der Waals surface area contributed by atoms with Gasteiger partial charge in [0.1, 0.15) is 11.3 Å². The van der Waals surface area contributed by atoms with Gasteiger partial charge in [0.2, 0.25) is 0 Å². The zero-order valence-corrected chi connectivity index (χ0v) is 19.8. The van der Waals surface area contributed by atoms with Gasteiger partial charge in [0.05, 0.1) is 25.3 Å². The van der Waals surface area contributed by atoms with Gasteiger partial charge in [0.15, 0.2) is 0 Å². The summed E-state index contributed by atoms with van der Waals surface area (Å²) in [5, 5.41) is 12.4. The fourth-order valence-electron chi connectivity index (χ4n) is 4.36. The van der Waals surface area contributed by atoms with Gasteiger partial charge in [0, 0.05) is 31.9 Å². The zero-order valence-electron chi connectivity index (χ0n) is 19.8. The highest BCUT2D eigenvalue weighted by atomic mass is 16.5. The van der Waals surface area contributed by atoms with Gasteiger partial charge in [-0.2, -0.15) is 10.3 Å². The Hall–Kier alpha value is -4.10. The maximum Gasteiger partial charge on any atom is 0.344 e. The Morgan fingerprint density at radius 2 is 1.80 bits per heavy atom. The second-order valence-electron chi connectivity index (χ2n) is 8.73. The molecule has 182 valence electrons. The fourth-order valence-corrected chi connectivity index (χ4v) is 4.36. The number of methoxy groups -OCH3 is 1. The minimum Gasteiger partial charge on any atom is -0.497 e. The van der Waals surface area contributed by atoms with Crippen molar-refractivity contribution in [2.45, 2.75) is 18.9 Å². The van der Waals surface area contributed by atoms with Gasteiger partial charge in [0.25, 0.3) is 11.8 Å². The molecule has 10 heteroatoms. The van der Waals surface area contributed by atoms with Gasteiger partial charge < -0.3 is 15.0 Å². The Morgan fingerprint density at radius 1 is 1.09 bits per heavy atom. The largest absolute Gasteiger partial charge is 0.497 e. The van der Waals surface area contributed by atoms with Crippen molar-refractivity contribution in [1.82, 2.24) is 20.7 Å². The van der Waals surface area contributed by atoms with Crippen LogP contribution in [0.3, 0.4) is 0 Å². The summed E-state index contributed by atoms with van der Waals surface area (Å²) in [5.41, 5.74) is 3.42. The molecule has 0 aliphatic carbocycles. The lowest BCUT2D eigenvalue weighted by Gasteiger charge is -2.24. The summed E-state index contributed by atoms with van der Waals surface area (Å²) in [4.78, 5) is 42.6. The Kier molecular flexibility index (Phi) is 6.89. The first-order valence-electron chi connectivity index (χ1n) is 11.4. The Balaban J connectivity index is 1.34. The van der Waals surface area contributed by atoms with Crippen LogP contribution in [-0.2, 0) is 15.1 Å². The molecule has 2 aromatic rings. The number of nitriles is 1. The molecular formula is C25H28N6O4. The highest BCUT2D eigenvalue weighted by Crippen LogP contribution is 2.29. The number of nitrogens with one attached hydrogen (secondary N) is 2. The maximum absolute atomic E-state index is 13.1. The minimum atomic E-state index is -1.29. The molecule has 1 atom stereocenters. The number of hydrogen-bond acceptors (Lipinski definition) is 7. The van der Waals surface area contributed by atoms with E-state index in [2.05, 4.69) is 21.7 Å². The number of urea groups is 1. The van der Waals surface area contributed by atoms with Crippen molar-refractivity contribution in [1.29, 1.82) is 5.26 Å². The number of benzene rings is 2. The monoisotopic (exact) mass is 476 g/mol. The van der Waals surface area contributed by atoms with E-state index < -0.39 is 23.4 Å². The molecule has 2 aliphatic heterocycles. The predicted molar refractivity (Wildman–Crippen MR) is 128 cm³/mol. The molecule has 1 unspecified atom stereocenters. The molecule has 0 saturated carbocycles. The molecule has 0 radical (unpaired) electrons. The summed E-state index contributed by atoms with van der Waals surface area (Å²) in [6.07, 6.45) is 0.853. The summed E-state index contributed by atoms with van der Waals surface area (Å²) in [6.45, 7) is 4.58. The molecule has 10 nitrogen and oxygen atoms in total. The molecule has 4 rings (SSSR count). The number of hydrazine groups is 1. The van der Waals surface area contributed by atoms with Crippen LogP contribution in [0.15, 0.2) is 48.5 Å². The van der Waals surface area contributed by atoms with E-state index in [4.69, 9.17) is 10.00 Å². The first kappa shape index (κ1) is 24.0. The van der Waals surface area contributed by atoms with E-state index in [1.807, 2.05) is 17.0 Å². The predicted octanol–water partition coefficient (Wildman–Crippen LogP) is 1.58. The molecule has 0 bridgehead atoms. The molecule has 35 heavy (non-hydrogen) atoms. The minimum absolute atomic E-state index is 0.0670. The molecule has 0 spiro atoms. The van der Waals surface area contributed by atoms with Crippen LogP contribution in [0.1, 0.15) is 24.5 Å². The van der Waals surface area contributed by atoms with E-state index >= 15 is 0 Å². The third kappa shape index (κ3) is 5.05. The Labute approximate surface area is 204 Å². The number of amides is 4. The summed E-state index contributed by atoms with van der Waals surface area (Å²) < 4.78 is 5.15. The lowest BCUT2D eigenvalue weighted by atomic mass is 9.92. The summed E-state index contributed by atoms with van der Waals surface area (Å²) in [7, 11) is 1.55. The molecular weight excluding hydrogens is 448 g/mol. The SMILES string of the molecule is COc1ccc(C2(C)NC(=O)N(NC(=O)CN3CCCN(c4ccc(C#N)cc4)CC3)C2=O)cc1. The average Bonchev–Trinajstić information content (AvgIpc) is 3.02. The number of anilines is 1. The van der Waals surface area contributed by atoms with Gasteiger partial charge in [-0.3, -0.25) is 19.9 Å². The molecule has 2 heterocycles. The molecule has 2 N–H and O–H groups in total. The van der Waals surface area contributed by atoms with Crippen molar-refractivity contribution in [3.8, 4) is 11.8 Å². The van der Waals surface area contributed by atoms with E-state index in [1.54, 1.807) is 50.4 Å². The summed E-state index contributed by atoms with van der Waals surface area (Å²) in [5.74, 6) is -0.349. The number of hydrogen-bond donors (Lipinski definition) is 2. The molecule has 2 saturated heterocycles. The third-order valence-corrected chi connectivity index (χ3v) is 6.41. The first-order chi connectivity index (χ1) is 16.8. The number of ether oxygens (including phenoxy) is 1. The first-order valence-corrected chi connectivity index (χ1v) is 11.4. The van der Waals surface area contributed by atoms with Crippen LogP contribution >= 0.6 is 0 Å². The van der Waals surface area contributed by atoms with E-state index in [0.717, 1.165) is 30.2 Å². The summed E-state index contributed by atoms with van der Waals surface area (Å²) >= 11 is 0. The van der Waals surface area contributed by atoms with Crippen LogP contribution in [-0.4, -0.2) is 67.6 Å². The van der Waals surface area contributed by atoms with Crippen molar-refractivity contribution >= 4 is 23.5 Å².